The van der Waals surface area contributed by atoms with Crippen molar-refractivity contribution in [2.45, 2.75) is 59.4 Å². The number of alkyl halides is 3. The molecule has 0 aliphatic rings. The fraction of sp³-hybridized carbons (Fsp3) is 0.481. The van der Waals surface area contributed by atoms with E-state index in [0.29, 0.717) is 17.9 Å². The van der Waals surface area contributed by atoms with E-state index in [4.69, 9.17) is 14.2 Å². The maximum absolute atomic E-state index is 13.4. The molecule has 2 rings (SSSR count). The predicted octanol–water partition coefficient (Wildman–Crippen LogP) is 6.44. The molecule has 2 aromatic heterocycles. The second-order valence-electron chi connectivity index (χ2n) is 10.9. The van der Waals surface area contributed by atoms with E-state index in [1.54, 1.807) is 38.1 Å². The molecule has 0 aromatic carbocycles. The fourth-order valence-corrected chi connectivity index (χ4v) is 3.96. The summed E-state index contributed by atoms with van der Waals surface area (Å²) in [5, 5.41) is 0. The lowest BCUT2D eigenvalue weighted by molar-refractivity contribution is -0.153. The first kappa shape index (κ1) is 32.0. The van der Waals surface area contributed by atoms with Crippen LogP contribution < -0.4 is 0 Å². The second kappa shape index (κ2) is 13.2. The molecule has 0 spiro atoms. The Kier molecular flexibility index (Phi) is 10.8. The van der Waals surface area contributed by atoms with E-state index >= 15 is 0 Å². The van der Waals surface area contributed by atoms with Crippen LogP contribution in [0.15, 0.2) is 47.6 Å². The van der Waals surface area contributed by atoms with Crippen LogP contribution in [-0.2, 0) is 31.9 Å². The largest absolute Gasteiger partial charge is 0.476 e. The fourth-order valence-electron chi connectivity index (χ4n) is 3.20. The molecule has 0 aliphatic carbocycles. The molecule has 0 aliphatic heterocycles. The average molecular weight is 567 g/mol. The van der Waals surface area contributed by atoms with Gasteiger partial charge in [0.25, 0.3) is 0 Å². The van der Waals surface area contributed by atoms with Gasteiger partial charge in [0.2, 0.25) is 5.88 Å². The quantitative estimate of drug-likeness (QED) is 0.0693. The summed E-state index contributed by atoms with van der Waals surface area (Å²) in [6, 6.07) is 4.25. The van der Waals surface area contributed by atoms with Gasteiger partial charge in [-0.05, 0) is 51.2 Å². The van der Waals surface area contributed by atoms with Crippen molar-refractivity contribution >= 4 is 26.3 Å². The van der Waals surface area contributed by atoms with Gasteiger partial charge in [-0.25, -0.2) is 9.98 Å². The highest BCUT2D eigenvalue weighted by Crippen LogP contribution is 2.31. The molecule has 0 saturated heterocycles. The molecule has 8 nitrogen and oxygen atoms in total. The standard InChI is InChI=1S/C27H37F3N4O4Si/c1-19(9-12-23(31-4)38-17-26(2,3)25(35)36-5)21-11-10-20(15-32-21)24-33-22(27(28,29)30)16-34(24)18-37-13-14-39(6,7)8/h9-12,15-16H,4,13-14,17-18H2,1-3,5-8H3/b19-9+,23-12+. The molecule has 0 amide bonds. The summed E-state index contributed by atoms with van der Waals surface area (Å²) in [5.41, 5.74) is -0.0999. The number of allylic oxidation sites excluding steroid dienone is 3. The van der Waals surface area contributed by atoms with Crippen molar-refractivity contribution in [3.8, 4) is 11.4 Å². The molecule has 0 N–H and O–H groups in total. The zero-order chi connectivity index (χ0) is 29.4. The summed E-state index contributed by atoms with van der Waals surface area (Å²) in [6.07, 6.45) is 1.15. The van der Waals surface area contributed by atoms with E-state index in [-0.39, 0.29) is 25.0 Å². The first-order valence-electron chi connectivity index (χ1n) is 12.3. The Bertz CT molecular complexity index is 1200. The molecule has 0 bridgehead atoms. The SMILES string of the molecule is C=N/C(=C\C=C(/C)c1ccc(-c2nc(C(F)(F)F)cn2COCC[Si](C)(C)C)cn1)OCC(C)(C)C(=O)OC. The normalized spacial score (nSPS) is 13.4. The highest BCUT2D eigenvalue weighted by atomic mass is 28.3. The lowest BCUT2D eigenvalue weighted by atomic mass is 9.95. The number of ether oxygens (including phenoxy) is 3. The molecule has 2 aromatic rings. The number of rotatable bonds is 13. The summed E-state index contributed by atoms with van der Waals surface area (Å²) >= 11 is 0. The Labute approximate surface area is 228 Å². The van der Waals surface area contributed by atoms with E-state index < -0.39 is 31.3 Å². The third-order valence-corrected chi connectivity index (χ3v) is 7.37. The van der Waals surface area contributed by atoms with Crippen LogP contribution in [0.2, 0.25) is 25.7 Å². The first-order valence-corrected chi connectivity index (χ1v) is 16.0. The number of methoxy groups -OCH3 is 1. The molecule has 0 fully saturated rings. The zero-order valence-corrected chi connectivity index (χ0v) is 24.6. The van der Waals surface area contributed by atoms with Crippen molar-refractivity contribution < 1.29 is 32.2 Å². The number of aliphatic imine (C=N–C) groups is 1. The van der Waals surface area contributed by atoms with Gasteiger partial charge in [0.15, 0.2) is 5.69 Å². The average Bonchev–Trinajstić information content (AvgIpc) is 3.30. The number of esters is 1. The molecule has 12 heteroatoms. The Morgan fingerprint density at radius 2 is 1.90 bits per heavy atom. The van der Waals surface area contributed by atoms with E-state index in [9.17, 15) is 18.0 Å². The van der Waals surface area contributed by atoms with Crippen LogP contribution in [0.4, 0.5) is 13.2 Å². The number of halogens is 3. The Morgan fingerprint density at radius 1 is 1.21 bits per heavy atom. The highest BCUT2D eigenvalue weighted by Gasteiger charge is 2.35. The topological polar surface area (TPSA) is 87.8 Å². The Morgan fingerprint density at radius 3 is 2.44 bits per heavy atom. The van der Waals surface area contributed by atoms with Crippen LogP contribution in [0.3, 0.4) is 0 Å². The van der Waals surface area contributed by atoms with Gasteiger partial charge >= 0.3 is 12.1 Å². The minimum Gasteiger partial charge on any atom is -0.476 e. The highest BCUT2D eigenvalue weighted by molar-refractivity contribution is 6.76. The van der Waals surface area contributed by atoms with Crippen LogP contribution in [0.5, 0.6) is 0 Å². The van der Waals surface area contributed by atoms with Crippen molar-refractivity contribution in [2.24, 2.45) is 10.4 Å². The van der Waals surface area contributed by atoms with Crippen molar-refractivity contribution in [2.75, 3.05) is 20.3 Å². The number of carbonyl (C=O) groups excluding carboxylic acids is 1. The maximum Gasteiger partial charge on any atom is 0.434 e. The number of pyridine rings is 1. The van der Waals surface area contributed by atoms with Crippen molar-refractivity contribution in [1.82, 2.24) is 14.5 Å². The minimum absolute atomic E-state index is 0.0405. The van der Waals surface area contributed by atoms with Gasteiger partial charge in [0, 0.05) is 38.7 Å². The van der Waals surface area contributed by atoms with E-state index in [1.807, 2.05) is 6.92 Å². The van der Waals surface area contributed by atoms with Gasteiger partial charge in [0.1, 0.15) is 19.2 Å². The van der Waals surface area contributed by atoms with Crippen LogP contribution in [0.1, 0.15) is 32.2 Å². The first-order chi connectivity index (χ1) is 18.1. The molecule has 0 radical (unpaired) electrons. The van der Waals surface area contributed by atoms with Gasteiger partial charge in [-0.3, -0.25) is 9.78 Å². The summed E-state index contributed by atoms with van der Waals surface area (Å²) in [4.78, 5) is 23.9. The molecule has 0 atom stereocenters. The molecule has 2 heterocycles. The van der Waals surface area contributed by atoms with E-state index in [2.05, 4.69) is 41.3 Å². The number of aromatic nitrogens is 3. The third kappa shape index (κ3) is 9.77. The summed E-state index contributed by atoms with van der Waals surface area (Å²) in [6.45, 7) is 15.7. The molecule has 0 saturated carbocycles. The number of hydrogen-bond donors (Lipinski definition) is 0. The van der Waals surface area contributed by atoms with Gasteiger partial charge in [-0.2, -0.15) is 13.2 Å². The number of nitrogens with zero attached hydrogens (tertiary/aromatic N) is 4. The van der Waals surface area contributed by atoms with Crippen molar-refractivity contribution in [3.63, 3.8) is 0 Å². The van der Waals surface area contributed by atoms with Gasteiger partial charge in [-0.15, -0.1) is 0 Å². The minimum atomic E-state index is -4.58. The van der Waals surface area contributed by atoms with Gasteiger partial charge in [-0.1, -0.05) is 25.7 Å². The van der Waals surface area contributed by atoms with Crippen LogP contribution in [0, 0.1) is 5.41 Å². The van der Waals surface area contributed by atoms with Crippen LogP contribution >= 0.6 is 0 Å². The maximum atomic E-state index is 13.4. The second-order valence-corrected chi connectivity index (χ2v) is 16.5. The number of carbonyl (C=O) groups is 1. The van der Waals surface area contributed by atoms with E-state index in [1.165, 1.54) is 17.9 Å². The monoisotopic (exact) mass is 566 g/mol. The molecule has 0 unspecified atom stereocenters. The smallest absolute Gasteiger partial charge is 0.434 e. The number of hydrogen-bond acceptors (Lipinski definition) is 7. The molecule has 214 valence electrons. The van der Waals surface area contributed by atoms with Gasteiger partial charge < -0.3 is 18.8 Å². The summed E-state index contributed by atoms with van der Waals surface area (Å²) in [5.74, 6) is -0.0857. The molecular formula is C27H37F3N4O4Si. The lowest BCUT2D eigenvalue weighted by Crippen LogP contribution is -2.30. The van der Waals surface area contributed by atoms with Crippen LogP contribution in [-0.4, -0.2) is 55.6 Å². The summed E-state index contributed by atoms with van der Waals surface area (Å²) in [7, 11) is -0.0277. The molecular weight excluding hydrogens is 529 g/mol. The summed E-state index contributed by atoms with van der Waals surface area (Å²) < 4.78 is 57.5. The Balaban J connectivity index is 2.21. The lowest BCUT2D eigenvalue weighted by Gasteiger charge is -2.21. The van der Waals surface area contributed by atoms with E-state index in [0.717, 1.165) is 17.8 Å². The molecule has 39 heavy (non-hydrogen) atoms. The predicted molar refractivity (Wildman–Crippen MR) is 148 cm³/mol. The van der Waals surface area contributed by atoms with Gasteiger partial charge in [0.05, 0.1) is 18.2 Å². The number of imidazole rings is 1. The van der Waals surface area contributed by atoms with Crippen molar-refractivity contribution in [1.29, 1.82) is 0 Å². The zero-order valence-electron chi connectivity index (χ0n) is 23.6. The van der Waals surface area contributed by atoms with Crippen LogP contribution in [0.25, 0.3) is 17.0 Å². The van der Waals surface area contributed by atoms with Crippen molar-refractivity contribution in [3.05, 3.63) is 53.9 Å². The Hall–Kier alpha value is -3.25. The third-order valence-electron chi connectivity index (χ3n) is 5.67.